The fourth-order valence-corrected chi connectivity index (χ4v) is 0.640. The highest BCUT2D eigenvalue weighted by Crippen LogP contribution is 1.95. The van der Waals surface area contributed by atoms with Crippen LogP contribution < -0.4 is 16.3 Å². The molecule has 1 aromatic rings. The van der Waals surface area contributed by atoms with Crippen LogP contribution in [0.1, 0.15) is 5.56 Å². The van der Waals surface area contributed by atoms with E-state index in [1.54, 1.807) is 6.20 Å². The predicted molar refractivity (Wildman–Crippen MR) is 35.9 cm³/mol. The maximum Gasteiger partial charge on any atom is 0.295 e. The van der Waals surface area contributed by atoms with Gasteiger partial charge in [0.05, 0.1) is 0 Å². The van der Waals surface area contributed by atoms with Crippen molar-refractivity contribution in [3.05, 3.63) is 23.9 Å². The number of anilines is 1. The van der Waals surface area contributed by atoms with Gasteiger partial charge >= 0.3 is 0 Å². The van der Waals surface area contributed by atoms with E-state index < -0.39 is 0 Å². The van der Waals surface area contributed by atoms with Crippen LogP contribution in [-0.4, -0.2) is 0 Å². The zero-order valence-electron chi connectivity index (χ0n) is 5.33. The molecule has 0 saturated carbocycles. The minimum Gasteiger partial charge on any atom is -0.285 e. The molecule has 0 aliphatic heterocycles. The number of nitrogens with zero attached hydrogens (tertiary/aromatic N) is 1. The Bertz CT molecular complexity index is 220. The first-order valence-electron chi connectivity index (χ1n) is 2.73. The largest absolute Gasteiger partial charge is 0.295 e. The van der Waals surface area contributed by atoms with E-state index in [1.165, 1.54) is 4.68 Å². The van der Waals surface area contributed by atoms with Gasteiger partial charge < -0.3 is 0 Å². The van der Waals surface area contributed by atoms with Gasteiger partial charge in [-0.25, -0.2) is 0 Å². The SMILES string of the molecule is Cc1cc[n+](N)c(N)c1. The molecule has 3 nitrogen and oxygen atoms in total. The molecule has 0 spiro atoms. The number of nitrogens with two attached hydrogens (primary N) is 2. The third kappa shape index (κ3) is 1.10. The van der Waals surface area contributed by atoms with Crippen LogP contribution in [0.15, 0.2) is 18.3 Å². The fourth-order valence-electron chi connectivity index (χ4n) is 0.640. The van der Waals surface area contributed by atoms with Gasteiger partial charge in [0.1, 0.15) is 6.20 Å². The molecule has 0 aromatic carbocycles. The van der Waals surface area contributed by atoms with Crippen LogP contribution in [0.2, 0.25) is 0 Å². The fraction of sp³-hybridized carbons (Fsp3) is 0.167. The molecule has 0 bridgehead atoms. The molecule has 0 fully saturated rings. The Hall–Kier alpha value is -1.25. The summed E-state index contributed by atoms with van der Waals surface area (Å²) in [7, 11) is 0. The normalized spacial score (nSPS) is 9.44. The molecule has 1 rings (SSSR count). The lowest BCUT2D eigenvalue weighted by molar-refractivity contribution is -0.623. The first-order chi connectivity index (χ1) is 4.20. The van der Waals surface area contributed by atoms with E-state index in [0.29, 0.717) is 5.82 Å². The van der Waals surface area contributed by atoms with Gasteiger partial charge in [-0.15, -0.1) is 4.68 Å². The highest BCUT2D eigenvalue weighted by atomic mass is 15.3. The molecule has 48 valence electrons. The van der Waals surface area contributed by atoms with Crippen LogP contribution in [0.25, 0.3) is 0 Å². The van der Waals surface area contributed by atoms with Crippen molar-refractivity contribution in [1.82, 2.24) is 0 Å². The summed E-state index contributed by atoms with van der Waals surface area (Å²) >= 11 is 0. The molecule has 1 aromatic heterocycles. The number of rotatable bonds is 0. The lowest BCUT2D eigenvalue weighted by Crippen LogP contribution is -2.46. The Kier molecular flexibility index (Phi) is 1.26. The number of nitrogen functional groups attached to an aromatic ring is 2. The molecule has 0 saturated heterocycles. The standard InChI is InChI=1S/C6H9N3/c1-5-2-3-9(8)6(7)4-5/h2-4,7H,8H2,1H3/p+1. The summed E-state index contributed by atoms with van der Waals surface area (Å²) in [6, 6.07) is 3.72. The zero-order valence-corrected chi connectivity index (χ0v) is 5.33. The van der Waals surface area contributed by atoms with Gasteiger partial charge in [-0.2, -0.15) is 0 Å². The Morgan fingerprint density at radius 1 is 1.56 bits per heavy atom. The molecule has 0 radical (unpaired) electrons. The average molecular weight is 124 g/mol. The molecule has 4 N–H and O–H groups in total. The topological polar surface area (TPSA) is 55.9 Å². The van der Waals surface area contributed by atoms with E-state index in [2.05, 4.69) is 0 Å². The van der Waals surface area contributed by atoms with Gasteiger partial charge in [0.2, 0.25) is 0 Å². The van der Waals surface area contributed by atoms with Crippen LogP contribution in [0.5, 0.6) is 0 Å². The number of hydrogen-bond donors (Lipinski definition) is 2. The van der Waals surface area contributed by atoms with E-state index in [9.17, 15) is 0 Å². The second-order valence-corrected chi connectivity index (χ2v) is 2.04. The van der Waals surface area contributed by atoms with Crippen molar-refractivity contribution in [1.29, 1.82) is 0 Å². The maximum atomic E-state index is 5.46. The Balaban J connectivity index is 3.17. The summed E-state index contributed by atoms with van der Waals surface area (Å²) in [6.45, 7) is 1.97. The van der Waals surface area contributed by atoms with Crippen LogP contribution in [0, 0.1) is 6.92 Å². The molecule has 1 heterocycles. The van der Waals surface area contributed by atoms with Gasteiger partial charge in [-0.3, -0.25) is 11.6 Å². The van der Waals surface area contributed by atoms with Gasteiger partial charge in [0, 0.05) is 6.07 Å². The summed E-state index contributed by atoms with van der Waals surface area (Å²) in [5.41, 5.74) is 6.58. The van der Waals surface area contributed by atoms with Gasteiger partial charge in [0.25, 0.3) is 5.82 Å². The smallest absolute Gasteiger partial charge is 0.285 e. The number of hydrogen-bond acceptors (Lipinski definition) is 2. The molecular weight excluding hydrogens is 114 g/mol. The minimum absolute atomic E-state index is 0.579. The summed E-state index contributed by atoms with van der Waals surface area (Å²) in [4.78, 5) is 0. The van der Waals surface area contributed by atoms with Crippen molar-refractivity contribution in [3.8, 4) is 0 Å². The van der Waals surface area contributed by atoms with Gasteiger partial charge in [-0.05, 0) is 18.6 Å². The monoisotopic (exact) mass is 124 g/mol. The van der Waals surface area contributed by atoms with E-state index in [-0.39, 0.29) is 0 Å². The van der Waals surface area contributed by atoms with Crippen LogP contribution >= 0.6 is 0 Å². The predicted octanol–water partition coefficient (Wildman–Crippen LogP) is -0.421. The van der Waals surface area contributed by atoms with Crippen molar-refractivity contribution in [2.45, 2.75) is 6.92 Å². The van der Waals surface area contributed by atoms with Crippen molar-refractivity contribution in [3.63, 3.8) is 0 Å². The second kappa shape index (κ2) is 1.93. The third-order valence-corrected chi connectivity index (χ3v) is 1.17. The summed E-state index contributed by atoms with van der Waals surface area (Å²) in [5, 5.41) is 0. The Morgan fingerprint density at radius 2 is 2.22 bits per heavy atom. The van der Waals surface area contributed by atoms with E-state index in [0.717, 1.165) is 5.56 Å². The van der Waals surface area contributed by atoms with E-state index >= 15 is 0 Å². The van der Waals surface area contributed by atoms with Crippen LogP contribution in [0.4, 0.5) is 5.82 Å². The molecule has 0 aliphatic rings. The van der Waals surface area contributed by atoms with E-state index in [1.807, 2.05) is 19.1 Å². The summed E-state index contributed by atoms with van der Waals surface area (Å²) < 4.78 is 1.38. The Morgan fingerprint density at radius 3 is 2.67 bits per heavy atom. The number of aryl methyl sites for hydroxylation is 1. The highest BCUT2D eigenvalue weighted by molar-refractivity contribution is 5.25. The first-order valence-corrected chi connectivity index (χ1v) is 2.73. The average Bonchev–Trinajstić information content (AvgIpc) is 1.80. The quantitative estimate of drug-likeness (QED) is 0.364. The number of pyridine rings is 1. The second-order valence-electron chi connectivity index (χ2n) is 2.04. The number of aromatic nitrogens is 1. The van der Waals surface area contributed by atoms with Crippen molar-refractivity contribution < 1.29 is 4.68 Å². The van der Waals surface area contributed by atoms with Crippen LogP contribution in [-0.2, 0) is 0 Å². The lowest BCUT2D eigenvalue weighted by Gasteiger charge is -1.93. The molecule has 3 heteroatoms. The minimum atomic E-state index is 0.579. The van der Waals surface area contributed by atoms with Crippen molar-refractivity contribution in [2.24, 2.45) is 0 Å². The van der Waals surface area contributed by atoms with Crippen molar-refractivity contribution in [2.75, 3.05) is 11.6 Å². The molecule has 0 atom stereocenters. The molecule has 9 heavy (non-hydrogen) atoms. The molecule has 0 amide bonds. The molecule has 0 aliphatic carbocycles. The third-order valence-electron chi connectivity index (χ3n) is 1.17. The molecular formula is C6H10N3+. The van der Waals surface area contributed by atoms with Crippen LogP contribution in [0.3, 0.4) is 0 Å². The molecule has 0 unspecified atom stereocenters. The van der Waals surface area contributed by atoms with Gasteiger partial charge in [-0.1, -0.05) is 0 Å². The summed E-state index contributed by atoms with van der Waals surface area (Å²) in [6.07, 6.45) is 1.73. The highest BCUT2D eigenvalue weighted by Gasteiger charge is 1.96. The summed E-state index contributed by atoms with van der Waals surface area (Å²) in [5.74, 6) is 5.96. The maximum absolute atomic E-state index is 5.46. The van der Waals surface area contributed by atoms with E-state index in [4.69, 9.17) is 11.6 Å². The van der Waals surface area contributed by atoms with Gasteiger partial charge in [0.15, 0.2) is 0 Å². The lowest BCUT2D eigenvalue weighted by atomic mass is 10.3. The van der Waals surface area contributed by atoms with Crippen molar-refractivity contribution >= 4 is 5.82 Å². The first kappa shape index (κ1) is 5.88. The Labute approximate surface area is 53.9 Å². The zero-order chi connectivity index (χ0) is 6.85.